The van der Waals surface area contributed by atoms with Crippen LogP contribution >= 0.6 is 6.89 Å². The van der Waals surface area contributed by atoms with Gasteiger partial charge in [-0.3, -0.25) is 14.9 Å². The largest absolute Gasteiger partial charge is 0.289 e. The molecule has 1 rings (SSSR count). The third-order valence-corrected chi connectivity index (χ3v) is 2.88. The molecule has 0 atom stereocenters. The van der Waals surface area contributed by atoms with E-state index >= 15 is 0 Å². The lowest BCUT2D eigenvalue weighted by molar-refractivity contribution is -0.384. The zero-order chi connectivity index (χ0) is 12.3. The van der Waals surface area contributed by atoms with Gasteiger partial charge in [-0.1, -0.05) is 0 Å². The smallest absolute Gasteiger partial charge is 0.269 e. The summed E-state index contributed by atoms with van der Waals surface area (Å²) in [6.07, 6.45) is 0. The van der Waals surface area contributed by atoms with Crippen LogP contribution in [0.25, 0.3) is 0 Å². The van der Waals surface area contributed by atoms with Gasteiger partial charge in [-0.25, -0.2) is 0 Å². The first-order chi connectivity index (χ1) is 7.29. The van der Waals surface area contributed by atoms with Crippen molar-refractivity contribution in [1.82, 2.24) is 0 Å². The summed E-state index contributed by atoms with van der Waals surface area (Å²) in [5.41, 5.74) is 0.502. The Balaban J connectivity index is 3.00. The first-order valence-electron chi connectivity index (χ1n) is 4.75. The Kier molecular flexibility index (Phi) is 3.66. The van der Waals surface area contributed by atoms with E-state index in [1.165, 1.54) is 24.3 Å². The van der Waals surface area contributed by atoms with Gasteiger partial charge < -0.3 is 0 Å². The minimum Gasteiger partial charge on any atom is -0.289 e. The van der Waals surface area contributed by atoms with E-state index in [1.807, 2.05) is 20.0 Å². The van der Waals surface area contributed by atoms with Gasteiger partial charge in [0.1, 0.15) is 0 Å². The molecule has 5 heteroatoms. The first kappa shape index (κ1) is 12.7. The normalized spacial score (nSPS) is 10.9. The van der Waals surface area contributed by atoms with Gasteiger partial charge in [-0.05, 0) is 37.9 Å². The number of benzene rings is 1. The summed E-state index contributed by atoms with van der Waals surface area (Å²) in [5.74, 6) is 1.66. The van der Waals surface area contributed by atoms with Crippen LogP contribution < -0.4 is 0 Å². The molecule has 0 N–H and O–H groups in total. The molecule has 0 saturated heterocycles. The fourth-order valence-electron chi connectivity index (χ4n) is 1.17. The van der Waals surface area contributed by atoms with Crippen LogP contribution in [-0.2, 0) is 0 Å². The van der Waals surface area contributed by atoms with Gasteiger partial charge in [0.15, 0.2) is 5.78 Å². The third kappa shape index (κ3) is 3.63. The topological polar surface area (TPSA) is 60.2 Å². The van der Waals surface area contributed by atoms with Crippen molar-refractivity contribution in [2.45, 2.75) is 0 Å². The summed E-state index contributed by atoms with van der Waals surface area (Å²) < 4.78 is 0. The molecule has 1 aromatic rings. The van der Waals surface area contributed by atoms with E-state index in [0.29, 0.717) is 5.56 Å². The molecular weight excluding hydrogens is 225 g/mol. The SMILES string of the molecule is CP(C)(C)=CC(=O)c1ccc([N+](=O)[O-])cc1. The van der Waals surface area contributed by atoms with Crippen molar-refractivity contribution in [1.29, 1.82) is 0 Å². The minimum atomic E-state index is -1.28. The van der Waals surface area contributed by atoms with E-state index in [2.05, 4.69) is 0 Å². The predicted molar refractivity (Wildman–Crippen MR) is 68.2 cm³/mol. The van der Waals surface area contributed by atoms with Gasteiger partial charge >= 0.3 is 0 Å². The lowest BCUT2D eigenvalue weighted by atomic mass is 10.1. The molecule has 0 spiro atoms. The second kappa shape index (κ2) is 4.62. The molecule has 1 aromatic carbocycles. The second-order valence-electron chi connectivity index (χ2n) is 4.41. The van der Waals surface area contributed by atoms with Crippen LogP contribution in [0.3, 0.4) is 0 Å². The van der Waals surface area contributed by atoms with Crippen molar-refractivity contribution in [2.75, 3.05) is 20.0 Å². The van der Waals surface area contributed by atoms with Crippen molar-refractivity contribution in [3.05, 3.63) is 39.9 Å². The molecule has 4 nitrogen and oxygen atoms in total. The number of hydrogen-bond donors (Lipinski definition) is 0. The fourth-order valence-corrected chi connectivity index (χ4v) is 2.03. The number of ketones is 1. The molecule has 0 unspecified atom stereocenters. The molecule has 0 saturated carbocycles. The van der Waals surface area contributed by atoms with E-state index in [4.69, 9.17) is 0 Å². The van der Waals surface area contributed by atoms with Crippen molar-refractivity contribution < 1.29 is 9.72 Å². The highest BCUT2D eigenvalue weighted by molar-refractivity contribution is 7.74. The Hall–Kier alpha value is -1.41. The highest BCUT2D eigenvalue weighted by atomic mass is 31.2. The monoisotopic (exact) mass is 239 g/mol. The Morgan fingerprint density at radius 1 is 1.25 bits per heavy atom. The summed E-state index contributed by atoms with van der Waals surface area (Å²) in [6.45, 7) is 4.84. The lowest BCUT2D eigenvalue weighted by Gasteiger charge is -2.05. The standard InChI is InChI=1S/C11H14NO3P/c1-16(2,3)8-11(13)9-4-6-10(7-5-9)12(14)15/h4-8H,1-3H3. The predicted octanol–water partition coefficient (Wildman–Crippen LogP) is 2.49. The van der Waals surface area contributed by atoms with Crippen LogP contribution in [-0.4, -0.2) is 36.5 Å². The van der Waals surface area contributed by atoms with Gasteiger partial charge in [-0.15, -0.1) is 6.89 Å². The molecule has 16 heavy (non-hydrogen) atoms. The maximum Gasteiger partial charge on any atom is 0.269 e. The molecular formula is C11H14NO3P. The summed E-state index contributed by atoms with van der Waals surface area (Å²) >= 11 is 0. The third-order valence-electron chi connectivity index (χ3n) is 1.87. The molecule has 0 aliphatic carbocycles. The molecule has 0 heterocycles. The number of carbonyl (C=O) groups is 1. The van der Waals surface area contributed by atoms with Crippen LogP contribution in [0.4, 0.5) is 5.69 Å². The average Bonchev–Trinajstić information content (AvgIpc) is 2.15. The second-order valence-corrected chi connectivity index (χ2v) is 8.90. The van der Waals surface area contributed by atoms with Gasteiger partial charge in [-0.2, -0.15) is 0 Å². The van der Waals surface area contributed by atoms with Crippen LogP contribution in [0.1, 0.15) is 10.4 Å². The van der Waals surface area contributed by atoms with Crippen LogP contribution in [0.2, 0.25) is 0 Å². The maximum absolute atomic E-state index is 11.7. The number of nitro groups is 1. The lowest BCUT2D eigenvalue weighted by Crippen LogP contribution is -2.01. The quantitative estimate of drug-likeness (QED) is 0.352. The van der Waals surface area contributed by atoms with Gasteiger partial charge in [0, 0.05) is 17.7 Å². The number of non-ortho nitro benzene ring substituents is 1. The molecule has 0 aliphatic heterocycles. The zero-order valence-corrected chi connectivity index (χ0v) is 10.4. The van der Waals surface area contributed by atoms with Crippen molar-refractivity contribution in [3.8, 4) is 0 Å². The minimum absolute atomic E-state index is 0.00195. The van der Waals surface area contributed by atoms with Crippen LogP contribution in [0.5, 0.6) is 0 Å². The molecule has 86 valence electrons. The Labute approximate surface area is 94.4 Å². The fraction of sp³-hybridized carbons (Fsp3) is 0.273. The Morgan fingerprint density at radius 3 is 2.12 bits per heavy atom. The van der Waals surface area contributed by atoms with Crippen LogP contribution in [0, 0.1) is 10.1 Å². The number of nitrogens with zero attached hydrogens (tertiary/aromatic N) is 1. The van der Waals surface area contributed by atoms with E-state index in [9.17, 15) is 14.9 Å². The maximum atomic E-state index is 11.7. The zero-order valence-electron chi connectivity index (χ0n) is 9.51. The number of nitro benzene ring substituents is 1. The highest BCUT2D eigenvalue weighted by Gasteiger charge is 2.08. The summed E-state index contributed by atoms with van der Waals surface area (Å²) in [6, 6.07) is 5.68. The summed E-state index contributed by atoms with van der Waals surface area (Å²) in [5, 5.41) is 10.4. The Bertz CT molecular complexity index is 462. The Morgan fingerprint density at radius 2 is 1.75 bits per heavy atom. The number of hydrogen-bond acceptors (Lipinski definition) is 3. The van der Waals surface area contributed by atoms with Gasteiger partial charge in [0.2, 0.25) is 0 Å². The van der Waals surface area contributed by atoms with E-state index < -0.39 is 11.8 Å². The van der Waals surface area contributed by atoms with Crippen LogP contribution in [0.15, 0.2) is 24.3 Å². The highest BCUT2D eigenvalue weighted by Crippen LogP contribution is 2.31. The van der Waals surface area contributed by atoms with E-state index in [0.717, 1.165) is 0 Å². The molecule has 0 fully saturated rings. The molecule has 0 radical (unpaired) electrons. The van der Waals surface area contributed by atoms with Gasteiger partial charge in [0.25, 0.3) is 5.69 Å². The number of rotatable bonds is 3. The van der Waals surface area contributed by atoms with E-state index in [-0.39, 0.29) is 11.5 Å². The molecule has 0 amide bonds. The molecule has 0 bridgehead atoms. The van der Waals surface area contributed by atoms with Crippen molar-refractivity contribution in [2.24, 2.45) is 0 Å². The first-order valence-corrected chi connectivity index (χ1v) is 7.95. The average molecular weight is 239 g/mol. The van der Waals surface area contributed by atoms with E-state index in [1.54, 1.807) is 5.80 Å². The number of Topliss-reactive ketones (excluding diaryl/α,β-unsaturated/α-hetero) is 1. The van der Waals surface area contributed by atoms with Gasteiger partial charge in [0.05, 0.1) is 4.92 Å². The van der Waals surface area contributed by atoms with Crippen molar-refractivity contribution >= 4 is 24.2 Å². The number of carbonyl (C=O) groups excluding carboxylic acids is 1. The summed E-state index contributed by atoms with van der Waals surface area (Å²) in [4.78, 5) is 21.7. The summed E-state index contributed by atoms with van der Waals surface area (Å²) in [7, 11) is 0. The van der Waals surface area contributed by atoms with Crippen molar-refractivity contribution in [3.63, 3.8) is 0 Å². The molecule has 0 aliphatic rings. The molecule has 0 aromatic heterocycles.